The lowest BCUT2D eigenvalue weighted by Crippen LogP contribution is -2.49. The van der Waals surface area contributed by atoms with Crippen molar-refractivity contribution in [3.05, 3.63) is 23.8 Å². The van der Waals surface area contributed by atoms with E-state index in [0.29, 0.717) is 32.8 Å². The van der Waals surface area contributed by atoms with Gasteiger partial charge in [0.1, 0.15) is 13.2 Å². The maximum absolute atomic E-state index is 12.3. The molecule has 0 saturated carbocycles. The molecule has 2 aliphatic heterocycles. The fourth-order valence-corrected chi connectivity index (χ4v) is 3.11. The average Bonchev–Trinajstić information content (AvgIpc) is 2.59. The molecule has 0 spiro atoms. The third-order valence-electron chi connectivity index (χ3n) is 4.69. The van der Waals surface area contributed by atoms with Crippen molar-refractivity contribution in [2.45, 2.75) is 38.2 Å². The average molecular weight is 334 g/mol. The van der Waals surface area contributed by atoms with Gasteiger partial charge in [-0.2, -0.15) is 0 Å². The van der Waals surface area contributed by atoms with Crippen molar-refractivity contribution in [1.29, 1.82) is 0 Å². The maximum Gasteiger partial charge on any atom is 0.317 e. The van der Waals surface area contributed by atoms with Crippen LogP contribution in [0.15, 0.2) is 18.2 Å². The number of hydrogen-bond acceptors (Lipinski definition) is 4. The van der Waals surface area contributed by atoms with Gasteiger partial charge in [0.15, 0.2) is 11.5 Å². The minimum absolute atomic E-state index is 0.112. The van der Waals surface area contributed by atoms with E-state index in [9.17, 15) is 9.90 Å². The summed E-state index contributed by atoms with van der Waals surface area (Å²) in [5.41, 5.74) is 0.852. The molecule has 2 heterocycles. The van der Waals surface area contributed by atoms with Crippen LogP contribution in [0.4, 0.5) is 4.79 Å². The number of aliphatic hydroxyl groups is 1. The number of fused-ring (bicyclic) bond motifs is 1. The highest BCUT2D eigenvalue weighted by Gasteiger charge is 2.27. The Kier molecular flexibility index (Phi) is 4.85. The molecule has 1 saturated heterocycles. The molecule has 3 rings (SSSR count). The van der Waals surface area contributed by atoms with Crippen molar-refractivity contribution < 1.29 is 19.4 Å². The number of carbonyl (C=O) groups is 1. The van der Waals surface area contributed by atoms with E-state index in [4.69, 9.17) is 9.47 Å². The number of β-amino-alcohol motifs (C(OH)–C–C–N with tert-alkyl or cyclic N) is 1. The van der Waals surface area contributed by atoms with Crippen LogP contribution < -0.4 is 14.8 Å². The molecule has 0 bridgehead atoms. The molecular formula is C18H26N2O4. The van der Waals surface area contributed by atoms with Crippen molar-refractivity contribution in [1.82, 2.24) is 10.2 Å². The van der Waals surface area contributed by atoms with E-state index in [1.807, 2.05) is 18.2 Å². The number of nitrogens with one attached hydrogen (secondary N) is 1. The second-order valence-corrected chi connectivity index (χ2v) is 7.14. The summed E-state index contributed by atoms with van der Waals surface area (Å²) in [7, 11) is 0. The molecule has 1 atom stereocenters. The Labute approximate surface area is 142 Å². The Hall–Kier alpha value is -1.95. The van der Waals surface area contributed by atoms with Crippen LogP contribution in [0, 0.1) is 0 Å². The molecule has 1 fully saturated rings. The normalized spacial score (nSPS) is 20.6. The number of likely N-dealkylation sites (tertiary alicyclic amines) is 1. The van der Waals surface area contributed by atoms with Crippen LogP contribution in [0.5, 0.6) is 11.5 Å². The van der Waals surface area contributed by atoms with Crippen molar-refractivity contribution >= 4 is 6.03 Å². The fourth-order valence-electron chi connectivity index (χ4n) is 3.11. The summed E-state index contributed by atoms with van der Waals surface area (Å²) in [6, 6.07) is 5.82. The highest BCUT2D eigenvalue weighted by atomic mass is 16.6. The third kappa shape index (κ3) is 3.75. The van der Waals surface area contributed by atoms with Gasteiger partial charge in [0.2, 0.25) is 0 Å². The summed E-state index contributed by atoms with van der Waals surface area (Å²) in [6.07, 6.45) is 1.21. The number of amides is 2. The standard InChI is InChI=1S/C18H26N2O4/c1-18(2,12-19-17(22)20-7-3-4-14(21)11-20)13-5-6-15-16(10-13)24-9-8-23-15/h5-6,10,14,21H,3-4,7-9,11-12H2,1-2H3,(H,19,22). The zero-order chi connectivity index (χ0) is 17.2. The molecule has 0 aromatic heterocycles. The molecule has 1 aromatic carbocycles. The lowest BCUT2D eigenvalue weighted by atomic mass is 9.84. The SMILES string of the molecule is CC(C)(CNC(=O)N1CCCC(O)C1)c1ccc2c(c1)OCCO2. The topological polar surface area (TPSA) is 71.0 Å². The van der Waals surface area contributed by atoms with Crippen LogP contribution in [0.3, 0.4) is 0 Å². The van der Waals surface area contributed by atoms with E-state index in [0.717, 1.165) is 29.9 Å². The molecule has 1 unspecified atom stereocenters. The van der Waals surface area contributed by atoms with Gasteiger partial charge in [0.25, 0.3) is 0 Å². The van der Waals surface area contributed by atoms with E-state index in [-0.39, 0.29) is 11.4 Å². The van der Waals surface area contributed by atoms with Crippen LogP contribution in [0.1, 0.15) is 32.3 Å². The molecule has 1 aromatic rings. The lowest BCUT2D eigenvalue weighted by molar-refractivity contribution is 0.0839. The second kappa shape index (κ2) is 6.89. The zero-order valence-corrected chi connectivity index (χ0v) is 14.4. The van der Waals surface area contributed by atoms with Gasteiger partial charge in [-0.1, -0.05) is 19.9 Å². The molecule has 0 radical (unpaired) electrons. The summed E-state index contributed by atoms with van der Waals surface area (Å²) in [5, 5.41) is 12.7. The first kappa shape index (κ1) is 16.9. The first-order chi connectivity index (χ1) is 11.5. The Morgan fingerprint density at radius 3 is 2.83 bits per heavy atom. The first-order valence-electron chi connectivity index (χ1n) is 8.57. The van der Waals surface area contributed by atoms with Crippen LogP contribution in [0.2, 0.25) is 0 Å². The number of piperidine rings is 1. The second-order valence-electron chi connectivity index (χ2n) is 7.14. The highest BCUT2D eigenvalue weighted by molar-refractivity contribution is 5.74. The zero-order valence-electron chi connectivity index (χ0n) is 14.4. The predicted octanol–water partition coefficient (Wildman–Crippen LogP) is 1.90. The quantitative estimate of drug-likeness (QED) is 0.886. The Balaban J connectivity index is 1.62. The fraction of sp³-hybridized carbons (Fsp3) is 0.611. The summed E-state index contributed by atoms with van der Waals surface area (Å²) in [4.78, 5) is 14.0. The molecule has 6 heteroatoms. The third-order valence-corrected chi connectivity index (χ3v) is 4.69. The summed E-state index contributed by atoms with van der Waals surface area (Å²) >= 11 is 0. The van der Waals surface area contributed by atoms with E-state index >= 15 is 0 Å². The number of ether oxygens (including phenoxy) is 2. The maximum atomic E-state index is 12.3. The number of nitrogens with zero attached hydrogens (tertiary/aromatic N) is 1. The van der Waals surface area contributed by atoms with Gasteiger partial charge in [-0.15, -0.1) is 0 Å². The van der Waals surface area contributed by atoms with Gasteiger partial charge < -0.3 is 24.8 Å². The van der Waals surface area contributed by atoms with Crippen molar-refractivity contribution in [2.75, 3.05) is 32.8 Å². The van der Waals surface area contributed by atoms with E-state index in [1.54, 1.807) is 4.90 Å². The molecule has 24 heavy (non-hydrogen) atoms. The molecule has 2 amide bonds. The number of hydrogen-bond donors (Lipinski definition) is 2. The first-order valence-corrected chi connectivity index (χ1v) is 8.57. The molecule has 2 N–H and O–H groups in total. The number of aliphatic hydroxyl groups excluding tert-OH is 1. The summed E-state index contributed by atoms with van der Waals surface area (Å²) < 4.78 is 11.2. The van der Waals surface area contributed by atoms with Gasteiger partial charge in [-0.05, 0) is 30.5 Å². The molecule has 6 nitrogen and oxygen atoms in total. The van der Waals surface area contributed by atoms with Crippen LogP contribution in [-0.4, -0.2) is 55.0 Å². The molecule has 132 valence electrons. The molecule has 0 aliphatic carbocycles. The van der Waals surface area contributed by atoms with Crippen LogP contribution in [0.25, 0.3) is 0 Å². The van der Waals surface area contributed by atoms with Gasteiger partial charge in [0.05, 0.1) is 6.10 Å². The summed E-state index contributed by atoms with van der Waals surface area (Å²) in [6.45, 7) is 6.94. The van der Waals surface area contributed by atoms with E-state index < -0.39 is 6.10 Å². The Morgan fingerprint density at radius 2 is 2.08 bits per heavy atom. The van der Waals surface area contributed by atoms with Gasteiger partial charge in [-0.3, -0.25) is 0 Å². The van der Waals surface area contributed by atoms with Gasteiger partial charge >= 0.3 is 6.03 Å². The monoisotopic (exact) mass is 334 g/mol. The predicted molar refractivity (Wildman–Crippen MR) is 90.7 cm³/mol. The number of urea groups is 1. The van der Waals surface area contributed by atoms with E-state index in [2.05, 4.69) is 19.2 Å². The van der Waals surface area contributed by atoms with E-state index in [1.165, 1.54) is 0 Å². The van der Waals surface area contributed by atoms with Crippen LogP contribution in [-0.2, 0) is 5.41 Å². The van der Waals surface area contributed by atoms with Gasteiger partial charge in [-0.25, -0.2) is 4.79 Å². The number of benzene rings is 1. The van der Waals surface area contributed by atoms with Crippen molar-refractivity contribution in [3.63, 3.8) is 0 Å². The lowest BCUT2D eigenvalue weighted by Gasteiger charge is -2.32. The highest BCUT2D eigenvalue weighted by Crippen LogP contribution is 2.34. The minimum Gasteiger partial charge on any atom is -0.486 e. The largest absolute Gasteiger partial charge is 0.486 e. The van der Waals surface area contributed by atoms with Crippen molar-refractivity contribution in [2.24, 2.45) is 0 Å². The summed E-state index contributed by atoms with van der Waals surface area (Å²) in [5.74, 6) is 1.53. The Morgan fingerprint density at radius 1 is 1.33 bits per heavy atom. The van der Waals surface area contributed by atoms with Crippen LogP contribution >= 0.6 is 0 Å². The Bertz CT molecular complexity index is 603. The molecule has 2 aliphatic rings. The minimum atomic E-state index is -0.407. The number of rotatable bonds is 3. The van der Waals surface area contributed by atoms with Gasteiger partial charge in [0, 0.05) is 25.0 Å². The molecular weight excluding hydrogens is 308 g/mol. The van der Waals surface area contributed by atoms with Crippen molar-refractivity contribution in [3.8, 4) is 11.5 Å². The number of carbonyl (C=O) groups excluding carboxylic acids is 1. The smallest absolute Gasteiger partial charge is 0.317 e.